The summed E-state index contributed by atoms with van der Waals surface area (Å²) < 4.78 is 7.05. The van der Waals surface area contributed by atoms with Crippen LogP contribution in [0, 0.1) is 12.3 Å². The Labute approximate surface area is 145 Å². The Hall–Kier alpha value is -3.52. The summed E-state index contributed by atoms with van der Waals surface area (Å²) in [5.41, 5.74) is 4.96. The molecule has 0 aliphatic rings. The van der Waals surface area contributed by atoms with Gasteiger partial charge < -0.3 is 9.30 Å². The van der Waals surface area contributed by atoms with Crippen molar-refractivity contribution in [2.75, 3.05) is 7.11 Å². The number of carbonyl (C=O) groups is 1. The first kappa shape index (κ1) is 16.3. The van der Waals surface area contributed by atoms with Crippen LogP contribution in [0.25, 0.3) is 10.9 Å². The quantitative estimate of drug-likeness (QED) is 0.444. The summed E-state index contributed by atoms with van der Waals surface area (Å²) >= 11 is 0. The van der Waals surface area contributed by atoms with Crippen LogP contribution in [0.5, 0.6) is 5.75 Å². The van der Waals surface area contributed by atoms with Gasteiger partial charge >= 0.3 is 0 Å². The molecule has 0 atom stereocenters. The molecule has 5 nitrogen and oxygen atoms in total. The zero-order valence-corrected chi connectivity index (χ0v) is 13.8. The summed E-state index contributed by atoms with van der Waals surface area (Å²) in [4.78, 5) is 12.1. The summed E-state index contributed by atoms with van der Waals surface area (Å²) in [6, 6.07) is 14.7. The highest BCUT2D eigenvalue weighted by molar-refractivity contribution is 6.00. The third kappa shape index (κ3) is 3.54. The molecule has 0 spiro atoms. The van der Waals surface area contributed by atoms with E-state index in [0.29, 0.717) is 17.9 Å². The topological polar surface area (TPSA) is 55.6 Å². The SMILES string of the molecule is C#CCn1cc(/C=N\NC(=O)c2ccc(OC)cc2)c2ccccc21. The summed E-state index contributed by atoms with van der Waals surface area (Å²) in [5, 5.41) is 5.09. The molecule has 0 fully saturated rings. The van der Waals surface area contributed by atoms with Gasteiger partial charge in [0.15, 0.2) is 0 Å². The zero-order valence-electron chi connectivity index (χ0n) is 13.8. The van der Waals surface area contributed by atoms with E-state index in [0.717, 1.165) is 16.5 Å². The molecule has 1 aromatic heterocycles. The van der Waals surface area contributed by atoms with Crippen molar-refractivity contribution >= 4 is 23.0 Å². The number of carbonyl (C=O) groups excluding carboxylic acids is 1. The first-order valence-electron chi connectivity index (χ1n) is 7.71. The molecule has 5 heteroatoms. The number of fused-ring (bicyclic) bond motifs is 1. The van der Waals surface area contributed by atoms with E-state index in [9.17, 15) is 4.79 Å². The molecule has 0 bridgehead atoms. The third-order valence-electron chi connectivity index (χ3n) is 3.80. The normalized spacial score (nSPS) is 10.7. The van der Waals surface area contributed by atoms with Gasteiger partial charge in [0.2, 0.25) is 0 Å². The number of rotatable bonds is 5. The standard InChI is InChI=1S/C20H17N3O2/c1-3-12-23-14-16(18-6-4-5-7-19(18)23)13-21-22-20(24)15-8-10-17(25-2)11-9-15/h1,4-11,13-14H,12H2,2H3,(H,22,24)/b21-13-. The van der Waals surface area contributed by atoms with Crippen LogP contribution in [0.4, 0.5) is 0 Å². The molecule has 0 unspecified atom stereocenters. The van der Waals surface area contributed by atoms with Crippen molar-refractivity contribution < 1.29 is 9.53 Å². The van der Waals surface area contributed by atoms with E-state index in [2.05, 4.69) is 16.4 Å². The van der Waals surface area contributed by atoms with Gasteiger partial charge in [-0.2, -0.15) is 5.10 Å². The van der Waals surface area contributed by atoms with Gasteiger partial charge in [-0.3, -0.25) is 4.79 Å². The fourth-order valence-corrected chi connectivity index (χ4v) is 2.57. The van der Waals surface area contributed by atoms with Crippen LogP contribution in [0.2, 0.25) is 0 Å². The number of aromatic nitrogens is 1. The average molecular weight is 331 g/mol. The van der Waals surface area contributed by atoms with Gasteiger partial charge in [0.25, 0.3) is 5.91 Å². The number of terminal acetylenes is 1. The summed E-state index contributed by atoms with van der Waals surface area (Å²) in [6.07, 6.45) is 8.96. The number of ether oxygens (including phenoxy) is 1. The molecule has 124 valence electrons. The van der Waals surface area contributed by atoms with E-state index in [1.807, 2.05) is 35.0 Å². The summed E-state index contributed by atoms with van der Waals surface area (Å²) in [6.45, 7) is 0.479. The largest absolute Gasteiger partial charge is 0.497 e. The van der Waals surface area contributed by atoms with Crippen molar-refractivity contribution in [1.29, 1.82) is 0 Å². The van der Waals surface area contributed by atoms with E-state index < -0.39 is 0 Å². The van der Waals surface area contributed by atoms with Crippen molar-refractivity contribution in [3.8, 4) is 18.1 Å². The highest BCUT2D eigenvalue weighted by Crippen LogP contribution is 2.19. The van der Waals surface area contributed by atoms with E-state index in [-0.39, 0.29) is 5.91 Å². The third-order valence-corrected chi connectivity index (χ3v) is 3.80. The molecule has 0 radical (unpaired) electrons. The van der Waals surface area contributed by atoms with Crippen molar-refractivity contribution in [3.63, 3.8) is 0 Å². The molecule has 1 N–H and O–H groups in total. The van der Waals surface area contributed by atoms with Gasteiger partial charge in [-0.15, -0.1) is 6.42 Å². The molecule has 1 heterocycles. The average Bonchev–Trinajstić information content (AvgIpc) is 3.00. The second-order valence-electron chi connectivity index (χ2n) is 5.36. The van der Waals surface area contributed by atoms with Gasteiger partial charge in [0.05, 0.1) is 19.9 Å². The van der Waals surface area contributed by atoms with E-state index >= 15 is 0 Å². The van der Waals surface area contributed by atoms with Gasteiger partial charge in [-0.05, 0) is 30.3 Å². The monoisotopic (exact) mass is 331 g/mol. The van der Waals surface area contributed by atoms with Crippen LogP contribution in [0.3, 0.4) is 0 Å². The van der Waals surface area contributed by atoms with Crippen LogP contribution in [-0.4, -0.2) is 23.8 Å². The molecule has 0 aliphatic carbocycles. The highest BCUT2D eigenvalue weighted by Gasteiger charge is 2.07. The molecule has 25 heavy (non-hydrogen) atoms. The van der Waals surface area contributed by atoms with E-state index in [1.165, 1.54) is 0 Å². The van der Waals surface area contributed by atoms with Crippen LogP contribution in [-0.2, 0) is 6.54 Å². The Kier molecular flexibility index (Phi) is 4.82. The molecular formula is C20H17N3O2. The molecule has 2 aromatic carbocycles. The lowest BCUT2D eigenvalue weighted by atomic mass is 10.2. The van der Waals surface area contributed by atoms with Gasteiger partial charge in [-0.1, -0.05) is 24.1 Å². The number of hydrogen-bond acceptors (Lipinski definition) is 3. The first-order valence-corrected chi connectivity index (χ1v) is 7.71. The minimum atomic E-state index is -0.286. The first-order chi connectivity index (χ1) is 12.2. The fourth-order valence-electron chi connectivity index (χ4n) is 2.57. The van der Waals surface area contributed by atoms with Gasteiger partial charge in [-0.25, -0.2) is 5.43 Å². The van der Waals surface area contributed by atoms with E-state index in [1.54, 1.807) is 37.6 Å². The van der Waals surface area contributed by atoms with Crippen LogP contribution < -0.4 is 10.2 Å². The molecular weight excluding hydrogens is 314 g/mol. The summed E-state index contributed by atoms with van der Waals surface area (Å²) in [7, 11) is 1.58. The molecule has 0 aliphatic heterocycles. The lowest BCUT2D eigenvalue weighted by Crippen LogP contribution is -2.17. The number of hydrogen-bond donors (Lipinski definition) is 1. The predicted octanol–water partition coefficient (Wildman–Crippen LogP) is 3.05. The lowest BCUT2D eigenvalue weighted by molar-refractivity contribution is 0.0955. The van der Waals surface area contributed by atoms with Crippen molar-refractivity contribution in [1.82, 2.24) is 9.99 Å². The number of nitrogens with zero attached hydrogens (tertiary/aromatic N) is 2. The molecule has 0 saturated heterocycles. The number of hydrazone groups is 1. The molecule has 1 amide bonds. The van der Waals surface area contributed by atoms with Crippen LogP contribution in [0.1, 0.15) is 15.9 Å². The minimum absolute atomic E-state index is 0.286. The maximum absolute atomic E-state index is 12.1. The van der Waals surface area contributed by atoms with Crippen molar-refractivity contribution in [3.05, 3.63) is 65.9 Å². The smallest absolute Gasteiger partial charge is 0.271 e. The Balaban J connectivity index is 1.77. The van der Waals surface area contributed by atoms with Gasteiger partial charge in [0, 0.05) is 28.2 Å². The summed E-state index contributed by atoms with van der Waals surface area (Å²) in [5.74, 6) is 3.04. The van der Waals surface area contributed by atoms with Gasteiger partial charge in [0.1, 0.15) is 5.75 Å². The van der Waals surface area contributed by atoms with Crippen LogP contribution in [0.15, 0.2) is 59.8 Å². The van der Waals surface area contributed by atoms with E-state index in [4.69, 9.17) is 11.2 Å². The maximum Gasteiger partial charge on any atom is 0.271 e. The fraction of sp³-hybridized carbons (Fsp3) is 0.100. The number of amides is 1. The Morgan fingerprint density at radius 3 is 2.76 bits per heavy atom. The number of benzene rings is 2. The molecule has 0 saturated carbocycles. The predicted molar refractivity (Wildman–Crippen MR) is 98.8 cm³/mol. The Morgan fingerprint density at radius 2 is 2.04 bits per heavy atom. The van der Waals surface area contributed by atoms with Crippen molar-refractivity contribution in [2.45, 2.75) is 6.54 Å². The number of nitrogens with one attached hydrogen (secondary N) is 1. The Morgan fingerprint density at radius 1 is 1.28 bits per heavy atom. The van der Waals surface area contributed by atoms with Crippen LogP contribution >= 0.6 is 0 Å². The Bertz CT molecular complexity index is 963. The second-order valence-corrected chi connectivity index (χ2v) is 5.36. The minimum Gasteiger partial charge on any atom is -0.497 e. The maximum atomic E-state index is 12.1. The zero-order chi connectivity index (χ0) is 17.6. The van der Waals surface area contributed by atoms with Crippen molar-refractivity contribution in [2.24, 2.45) is 5.10 Å². The molecule has 3 aromatic rings. The molecule has 3 rings (SSSR count). The number of methoxy groups -OCH3 is 1. The number of para-hydroxylation sites is 1. The second kappa shape index (κ2) is 7.37. The highest BCUT2D eigenvalue weighted by atomic mass is 16.5. The lowest BCUT2D eigenvalue weighted by Gasteiger charge is -2.01.